The Morgan fingerprint density at radius 1 is 1.24 bits per heavy atom. The molecule has 110 valence electrons. The molecule has 4 nitrogen and oxygen atoms in total. The SMILES string of the molecule is COC(=O)[C@H](CC1=CCC=CC1)NC(=O)c1ccccc1. The van der Waals surface area contributed by atoms with Crippen LogP contribution in [0, 0.1) is 0 Å². The fourth-order valence-corrected chi connectivity index (χ4v) is 2.24. The monoisotopic (exact) mass is 285 g/mol. The maximum Gasteiger partial charge on any atom is 0.328 e. The van der Waals surface area contributed by atoms with Gasteiger partial charge in [-0.05, 0) is 31.4 Å². The Morgan fingerprint density at radius 2 is 2.00 bits per heavy atom. The van der Waals surface area contributed by atoms with Gasteiger partial charge in [0.1, 0.15) is 6.04 Å². The van der Waals surface area contributed by atoms with Gasteiger partial charge in [-0.25, -0.2) is 4.79 Å². The molecule has 0 bridgehead atoms. The largest absolute Gasteiger partial charge is 0.467 e. The Labute approximate surface area is 124 Å². The Hall–Kier alpha value is -2.36. The van der Waals surface area contributed by atoms with Crippen molar-refractivity contribution >= 4 is 11.9 Å². The normalized spacial score (nSPS) is 15.0. The highest BCUT2D eigenvalue weighted by atomic mass is 16.5. The summed E-state index contributed by atoms with van der Waals surface area (Å²) >= 11 is 0. The van der Waals surface area contributed by atoms with E-state index in [9.17, 15) is 9.59 Å². The summed E-state index contributed by atoms with van der Waals surface area (Å²) in [6.45, 7) is 0. The smallest absolute Gasteiger partial charge is 0.328 e. The van der Waals surface area contributed by atoms with Gasteiger partial charge in [0.15, 0.2) is 0 Å². The van der Waals surface area contributed by atoms with Crippen molar-refractivity contribution in [1.29, 1.82) is 0 Å². The summed E-state index contributed by atoms with van der Waals surface area (Å²) in [4.78, 5) is 24.0. The highest BCUT2D eigenvalue weighted by Crippen LogP contribution is 2.17. The van der Waals surface area contributed by atoms with Gasteiger partial charge < -0.3 is 10.1 Å². The quantitative estimate of drug-likeness (QED) is 0.668. The Bertz CT molecular complexity index is 561. The summed E-state index contributed by atoms with van der Waals surface area (Å²) in [6, 6.07) is 8.19. The van der Waals surface area contributed by atoms with Crippen LogP contribution in [-0.2, 0) is 9.53 Å². The first-order chi connectivity index (χ1) is 10.2. The van der Waals surface area contributed by atoms with Crippen molar-refractivity contribution in [2.75, 3.05) is 7.11 Å². The number of methoxy groups -OCH3 is 1. The molecule has 1 aliphatic rings. The maximum atomic E-state index is 12.2. The molecule has 1 aromatic carbocycles. The van der Waals surface area contributed by atoms with Crippen LogP contribution in [0.1, 0.15) is 29.6 Å². The topological polar surface area (TPSA) is 55.4 Å². The first kappa shape index (κ1) is 15.0. The van der Waals surface area contributed by atoms with E-state index in [0.29, 0.717) is 12.0 Å². The summed E-state index contributed by atoms with van der Waals surface area (Å²) in [6.07, 6.45) is 8.41. The Kier molecular flexibility index (Phi) is 5.32. The molecule has 21 heavy (non-hydrogen) atoms. The fraction of sp³-hybridized carbons (Fsp3) is 0.294. The van der Waals surface area contributed by atoms with E-state index in [1.54, 1.807) is 24.3 Å². The average Bonchev–Trinajstić information content (AvgIpc) is 2.55. The second-order valence-electron chi connectivity index (χ2n) is 4.89. The number of hydrogen-bond donors (Lipinski definition) is 1. The van der Waals surface area contributed by atoms with Gasteiger partial charge in [-0.3, -0.25) is 4.79 Å². The van der Waals surface area contributed by atoms with Gasteiger partial charge in [-0.15, -0.1) is 0 Å². The maximum absolute atomic E-state index is 12.2. The van der Waals surface area contributed by atoms with Crippen LogP contribution in [0.15, 0.2) is 54.1 Å². The molecule has 1 aromatic rings. The van der Waals surface area contributed by atoms with Crippen molar-refractivity contribution < 1.29 is 14.3 Å². The highest BCUT2D eigenvalue weighted by molar-refractivity contribution is 5.96. The fourth-order valence-electron chi connectivity index (χ4n) is 2.24. The molecule has 0 aliphatic heterocycles. The number of ether oxygens (including phenoxy) is 1. The average molecular weight is 285 g/mol. The van der Waals surface area contributed by atoms with Gasteiger partial charge >= 0.3 is 5.97 Å². The van der Waals surface area contributed by atoms with E-state index in [1.165, 1.54) is 7.11 Å². The highest BCUT2D eigenvalue weighted by Gasteiger charge is 2.23. The van der Waals surface area contributed by atoms with Crippen LogP contribution in [0.3, 0.4) is 0 Å². The Balaban J connectivity index is 2.04. The summed E-state index contributed by atoms with van der Waals surface area (Å²) in [5.74, 6) is -0.687. The van der Waals surface area contributed by atoms with Crippen molar-refractivity contribution in [2.24, 2.45) is 0 Å². The number of rotatable bonds is 5. The first-order valence-corrected chi connectivity index (χ1v) is 6.97. The molecule has 0 unspecified atom stereocenters. The summed E-state index contributed by atoms with van der Waals surface area (Å²) < 4.78 is 4.79. The molecule has 2 rings (SSSR count). The van der Waals surface area contributed by atoms with E-state index in [4.69, 9.17) is 4.74 Å². The third kappa shape index (κ3) is 4.31. The van der Waals surface area contributed by atoms with E-state index in [2.05, 4.69) is 23.5 Å². The molecule has 1 amide bonds. The van der Waals surface area contributed by atoms with Gasteiger partial charge in [-0.2, -0.15) is 0 Å². The third-order valence-corrected chi connectivity index (χ3v) is 3.38. The molecule has 0 saturated carbocycles. The van der Waals surface area contributed by atoms with Crippen LogP contribution in [0.2, 0.25) is 0 Å². The number of hydrogen-bond acceptors (Lipinski definition) is 3. The number of carbonyl (C=O) groups excluding carboxylic acids is 2. The molecule has 1 aliphatic carbocycles. The minimum Gasteiger partial charge on any atom is -0.467 e. The lowest BCUT2D eigenvalue weighted by Gasteiger charge is -2.18. The van der Waals surface area contributed by atoms with Crippen molar-refractivity contribution in [3.63, 3.8) is 0 Å². The van der Waals surface area contributed by atoms with Crippen molar-refractivity contribution in [1.82, 2.24) is 5.32 Å². The molecule has 4 heteroatoms. The standard InChI is InChI=1S/C17H19NO3/c1-21-17(20)15(12-13-8-4-2-5-9-13)18-16(19)14-10-6-3-7-11-14/h2-4,6-7,9-11,15H,5,8,12H2,1H3,(H,18,19)/t15-/m0/s1. The van der Waals surface area contributed by atoms with Crippen LogP contribution in [0.25, 0.3) is 0 Å². The molecule has 0 fully saturated rings. The van der Waals surface area contributed by atoms with Crippen LogP contribution >= 0.6 is 0 Å². The predicted molar refractivity (Wildman–Crippen MR) is 80.8 cm³/mol. The molecule has 1 N–H and O–H groups in total. The molecule has 0 heterocycles. The van der Waals surface area contributed by atoms with Crippen molar-refractivity contribution in [2.45, 2.75) is 25.3 Å². The zero-order valence-corrected chi connectivity index (χ0v) is 12.0. The predicted octanol–water partition coefficient (Wildman–Crippen LogP) is 2.62. The first-order valence-electron chi connectivity index (χ1n) is 6.97. The van der Waals surface area contributed by atoms with E-state index < -0.39 is 12.0 Å². The molecule has 0 aromatic heterocycles. The number of allylic oxidation sites excluding steroid dienone is 3. The van der Waals surface area contributed by atoms with Gasteiger partial charge in [0.05, 0.1) is 7.11 Å². The zero-order chi connectivity index (χ0) is 15.1. The number of carbonyl (C=O) groups is 2. The van der Waals surface area contributed by atoms with Crippen molar-refractivity contribution in [3.8, 4) is 0 Å². The number of benzene rings is 1. The van der Waals surface area contributed by atoms with Crippen LogP contribution in [0.5, 0.6) is 0 Å². The lowest BCUT2D eigenvalue weighted by Crippen LogP contribution is -2.41. The molecular formula is C17H19NO3. The van der Waals surface area contributed by atoms with E-state index in [-0.39, 0.29) is 5.91 Å². The lowest BCUT2D eigenvalue weighted by molar-refractivity contribution is -0.142. The minimum atomic E-state index is -0.652. The lowest BCUT2D eigenvalue weighted by atomic mass is 9.98. The van der Waals surface area contributed by atoms with Gasteiger partial charge in [0, 0.05) is 5.56 Å². The third-order valence-electron chi connectivity index (χ3n) is 3.38. The zero-order valence-electron chi connectivity index (χ0n) is 12.0. The molecule has 0 saturated heterocycles. The minimum absolute atomic E-state index is 0.266. The summed E-state index contributed by atoms with van der Waals surface area (Å²) in [7, 11) is 1.33. The van der Waals surface area contributed by atoms with Crippen molar-refractivity contribution in [3.05, 3.63) is 59.7 Å². The number of amides is 1. The van der Waals surface area contributed by atoms with E-state index in [1.807, 2.05) is 6.07 Å². The summed E-state index contributed by atoms with van der Waals surface area (Å²) in [5.41, 5.74) is 1.67. The molecule has 1 atom stereocenters. The van der Waals surface area contributed by atoms with E-state index in [0.717, 1.165) is 18.4 Å². The summed E-state index contributed by atoms with van der Waals surface area (Å²) in [5, 5.41) is 2.75. The number of nitrogens with one attached hydrogen (secondary N) is 1. The van der Waals surface area contributed by atoms with Crippen LogP contribution < -0.4 is 5.32 Å². The second-order valence-corrected chi connectivity index (χ2v) is 4.89. The van der Waals surface area contributed by atoms with Gasteiger partial charge in [0.25, 0.3) is 5.91 Å². The van der Waals surface area contributed by atoms with E-state index >= 15 is 0 Å². The van der Waals surface area contributed by atoms with Gasteiger partial charge in [-0.1, -0.05) is 42.0 Å². The molecular weight excluding hydrogens is 266 g/mol. The number of esters is 1. The second kappa shape index (κ2) is 7.43. The van der Waals surface area contributed by atoms with Gasteiger partial charge in [0.2, 0.25) is 0 Å². The molecule has 0 spiro atoms. The van der Waals surface area contributed by atoms with Crippen LogP contribution in [-0.4, -0.2) is 25.0 Å². The van der Waals surface area contributed by atoms with Crippen LogP contribution in [0.4, 0.5) is 0 Å². The Morgan fingerprint density at radius 3 is 2.62 bits per heavy atom. The molecule has 0 radical (unpaired) electrons.